The Labute approximate surface area is 250 Å². The average molecular weight is 585 g/mol. The van der Waals surface area contributed by atoms with Crippen LogP contribution in [0.1, 0.15) is 22.5 Å². The van der Waals surface area contributed by atoms with Gasteiger partial charge in [-0.1, -0.05) is 36.4 Å². The van der Waals surface area contributed by atoms with E-state index in [4.69, 9.17) is 18.9 Å². The summed E-state index contributed by atoms with van der Waals surface area (Å²) in [5.74, 6) is 3.22. The van der Waals surface area contributed by atoms with E-state index in [2.05, 4.69) is 37.5 Å². The molecular weight excluding hydrogens is 548 g/mol. The average Bonchev–Trinajstić information content (AvgIpc) is 3.49. The van der Waals surface area contributed by atoms with Crippen LogP contribution < -0.4 is 24.5 Å². The number of hydrogen-bond donors (Lipinski definition) is 1. The molecule has 0 saturated heterocycles. The van der Waals surface area contributed by atoms with E-state index in [1.54, 1.807) is 34.5 Å². The number of rotatable bonds is 14. The predicted octanol–water partition coefficient (Wildman–Crippen LogP) is 4.04. The van der Waals surface area contributed by atoms with Gasteiger partial charge in [-0.2, -0.15) is 0 Å². The highest BCUT2D eigenvalue weighted by Crippen LogP contribution is 2.31. The van der Waals surface area contributed by atoms with E-state index in [0.29, 0.717) is 66.7 Å². The Hall–Kier alpha value is -4.90. The molecule has 11 heteroatoms. The molecule has 3 aromatic carbocycles. The molecule has 5 rings (SSSR count). The maximum Gasteiger partial charge on any atom is 0.252 e. The van der Waals surface area contributed by atoms with Crippen LogP contribution in [0.15, 0.2) is 71.5 Å². The second-order valence-corrected chi connectivity index (χ2v) is 10.1. The van der Waals surface area contributed by atoms with Crippen molar-refractivity contribution in [3.05, 3.63) is 99.6 Å². The molecule has 0 aliphatic carbocycles. The zero-order valence-corrected chi connectivity index (χ0v) is 24.9. The van der Waals surface area contributed by atoms with Crippen LogP contribution in [0.5, 0.6) is 23.0 Å². The lowest BCUT2D eigenvalue weighted by molar-refractivity contribution is 0.247. The molecule has 0 aliphatic heterocycles. The van der Waals surface area contributed by atoms with Gasteiger partial charge in [-0.05, 0) is 58.7 Å². The zero-order chi connectivity index (χ0) is 30.2. The summed E-state index contributed by atoms with van der Waals surface area (Å²) in [5, 5.41) is 13.4. The highest BCUT2D eigenvalue weighted by atomic mass is 16.5. The lowest BCUT2D eigenvalue weighted by Gasteiger charge is -2.22. The summed E-state index contributed by atoms with van der Waals surface area (Å²) >= 11 is 0. The van der Waals surface area contributed by atoms with Crippen LogP contribution in [0.4, 0.5) is 0 Å². The Morgan fingerprint density at radius 3 is 2.23 bits per heavy atom. The zero-order valence-electron chi connectivity index (χ0n) is 24.9. The quantitative estimate of drug-likeness (QED) is 0.206. The molecule has 0 fully saturated rings. The number of methoxy groups -OCH3 is 4. The number of tetrazole rings is 1. The number of hydrogen-bond acceptors (Lipinski definition) is 9. The molecule has 11 nitrogen and oxygen atoms in total. The summed E-state index contributed by atoms with van der Waals surface area (Å²) < 4.78 is 23.6. The molecule has 0 bridgehead atoms. The number of aromatic amines is 1. The fraction of sp³-hybridized carbons (Fsp3) is 0.312. The molecule has 0 radical (unpaired) electrons. The Balaban J connectivity index is 1.41. The largest absolute Gasteiger partial charge is 0.493 e. The maximum atomic E-state index is 13.2. The van der Waals surface area contributed by atoms with Gasteiger partial charge >= 0.3 is 0 Å². The van der Waals surface area contributed by atoms with Crippen LogP contribution in [0.3, 0.4) is 0 Å². The molecule has 2 heterocycles. The van der Waals surface area contributed by atoms with Gasteiger partial charge in [-0.3, -0.25) is 9.69 Å². The molecule has 1 N–H and O–H groups in total. The van der Waals surface area contributed by atoms with Gasteiger partial charge in [-0.15, -0.1) is 5.10 Å². The predicted molar refractivity (Wildman–Crippen MR) is 163 cm³/mol. The molecule has 0 atom stereocenters. The van der Waals surface area contributed by atoms with Gasteiger partial charge in [0.1, 0.15) is 0 Å². The van der Waals surface area contributed by atoms with Gasteiger partial charge < -0.3 is 23.9 Å². The minimum absolute atomic E-state index is 0.167. The molecule has 0 amide bonds. The molecule has 5 aromatic rings. The van der Waals surface area contributed by atoms with Crippen molar-refractivity contribution < 1.29 is 18.9 Å². The van der Waals surface area contributed by atoms with Crippen molar-refractivity contribution in [3.8, 4) is 23.0 Å². The van der Waals surface area contributed by atoms with Gasteiger partial charge in [0.15, 0.2) is 28.8 Å². The molecule has 0 aliphatic rings. The first-order chi connectivity index (χ1) is 21.0. The number of benzene rings is 3. The van der Waals surface area contributed by atoms with Gasteiger partial charge in [0.05, 0.1) is 40.5 Å². The van der Waals surface area contributed by atoms with Crippen LogP contribution in [-0.2, 0) is 32.5 Å². The number of aromatic nitrogens is 5. The van der Waals surface area contributed by atoms with Gasteiger partial charge in [0, 0.05) is 36.7 Å². The van der Waals surface area contributed by atoms with Crippen molar-refractivity contribution >= 4 is 10.9 Å². The van der Waals surface area contributed by atoms with Gasteiger partial charge in [0.2, 0.25) is 0 Å². The normalized spacial score (nSPS) is 11.2. The van der Waals surface area contributed by atoms with Crippen LogP contribution >= 0.6 is 0 Å². The number of ether oxygens (including phenoxy) is 4. The molecule has 2 aromatic heterocycles. The lowest BCUT2D eigenvalue weighted by atomic mass is 10.1. The van der Waals surface area contributed by atoms with Crippen molar-refractivity contribution in [2.24, 2.45) is 0 Å². The maximum absolute atomic E-state index is 13.2. The standard InChI is InChI=1S/C32H36N6O5/c1-40-27-11-10-23(16-28(27)41-2)12-14-37(21-31-34-35-36-38(31)15-13-22-8-6-5-7-9-22)20-25-17-24-18-29(42-3)30(43-4)19-26(24)33-32(25)39/h5-11,16-19H,12-15,20-21H2,1-4H3,(H,33,39). The molecule has 43 heavy (non-hydrogen) atoms. The summed E-state index contributed by atoms with van der Waals surface area (Å²) in [7, 11) is 6.40. The van der Waals surface area contributed by atoms with E-state index in [9.17, 15) is 4.79 Å². The first-order valence-electron chi connectivity index (χ1n) is 14.0. The first kappa shape index (κ1) is 29.6. The minimum Gasteiger partial charge on any atom is -0.493 e. The smallest absolute Gasteiger partial charge is 0.252 e. The van der Waals surface area contributed by atoms with Crippen LogP contribution in [0.2, 0.25) is 0 Å². The number of aryl methyl sites for hydroxylation is 2. The van der Waals surface area contributed by atoms with E-state index < -0.39 is 0 Å². The number of H-pyrrole nitrogens is 1. The highest BCUT2D eigenvalue weighted by molar-refractivity contribution is 5.83. The monoisotopic (exact) mass is 584 g/mol. The highest BCUT2D eigenvalue weighted by Gasteiger charge is 2.17. The Morgan fingerprint density at radius 1 is 0.767 bits per heavy atom. The Bertz CT molecular complexity index is 1720. The van der Waals surface area contributed by atoms with Crippen molar-refractivity contribution in [1.29, 1.82) is 0 Å². The number of fused-ring (bicyclic) bond motifs is 1. The summed E-state index contributed by atoms with van der Waals surface area (Å²) in [4.78, 5) is 18.4. The fourth-order valence-electron chi connectivity index (χ4n) is 5.06. The summed E-state index contributed by atoms with van der Waals surface area (Å²) in [6.45, 7) is 2.13. The van der Waals surface area contributed by atoms with Crippen LogP contribution in [0.25, 0.3) is 10.9 Å². The summed E-state index contributed by atoms with van der Waals surface area (Å²) in [6, 6.07) is 21.7. The summed E-state index contributed by atoms with van der Waals surface area (Å²) in [6.07, 6.45) is 1.52. The van der Waals surface area contributed by atoms with Gasteiger partial charge in [0.25, 0.3) is 5.56 Å². The minimum atomic E-state index is -0.167. The van der Waals surface area contributed by atoms with Crippen molar-refractivity contribution in [2.45, 2.75) is 32.5 Å². The van der Waals surface area contributed by atoms with Crippen LogP contribution in [-0.4, -0.2) is 65.1 Å². The number of pyridine rings is 1. The van der Waals surface area contributed by atoms with E-state index in [1.807, 2.05) is 53.2 Å². The molecule has 224 valence electrons. The first-order valence-corrected chi connectivity index (χ1v) is 14.0. The Kier molecular flexibility index (Phi) is 9.52. The SMILES string of the molecule is COc1ccc(CCN(Cc2cc3cc(OC)c(OC)cc3[nH]c2=O)Cc2nnnn2CCc2ccccc2)cc1OC. The topological polar surface area (TPSA) is 117 Å². The number of nitrogens with zero attached hydrogens (tertiary/aromatic N) is 5. The van der Waals surface area contributed by atoms with E-state index in [1.165, 1.54) is 5.56 Å². The Morgan fingerprint density at radius 2 is 1.49 bits per heavy atom. The van der Waals surface area contributed by atoms with E-state index >= 15 is 0 Å². The van der Waals surface area contributed by atoms with E-state index in [0.717, 1.165) is 23.2 Å². The van der Waals surface area contributed by atoms with Gasteiger partial charge in [-0.25, -0.2) is 4.68 Å². The third-order valence-corrected chi connectivity index (χ3v) is 7.41. The third-order valence-electron chi connectivity index (χ3n) is 7.41. The van der Waals surface area contributed by atoms with E-state index in [-0.39, 0.29) is 5.56 Å². The lowest BCUT2D eigenvalue weighted by Crippen LogP contribution is -2.30. The second kappa shape index (κ2) is 13.8. The van der Waals surface area contributed by atoms with Crippen LogP contribution in [0, 0.1) is 0 Å². The molecule has 0 spiro atoms. The fourth-order valence-corrected chi connectivity index (χ4v) is 5.06. The molecular formula is C32H36N6O5. The molecule has 0 unspecified atom stereocenters. The second-order valence-electron chi connectivity index (χ2n) is 10.1. The van der Waals surface area contributed by atoms with Crippen molar-refractivity contribution in [3.63, 3.8) is 0 Å². The number of nitrogens with one attached hydrogen (secondary N) is 1. The molecule has 0 saturated carbocycles. The van der Waals surface area contributed by atoms with Crippen molar-refractivity contribution in [1.82, 2.24) is 30.1 Å². The summed E-state index contributed by atoms with van der Waals surface area (Å²) in [5.41, 5.74) is 3.42. The van der Waals surface area contributed by atoms with Crippen molar-refractivity contribution in [2.75, 3.05) is 35.0 Å². The third kappa shape index (κ3) is 7.12.